The Labute approximate surface area is 104 Å². The Kier molecular flexibility index (Phi) is 6.11. The molecule has 0 heterocycles. The number of carbonyl (C=O) groups excluding carboxylic acids is 1. The van der Waals surface area contributed by atoms with Crippen LogP contribution in [0.2, 0.25) is 0 Å². The van der Waals surface area contributed by atoms with Gasteiger partial charge in [0.15, 0.2) is 0 Å². The van der Waals surface area contributed by atoms with Crippen LogP contribution in [-0.2, 0) is 4.74 Å². The second-order valence-electron chi connectivity index (χ2n) is 5.31. The fourth-order valence-electron chi connectivity index (χ4n) is 1.72. The predicted molar refractivity (Wildman–Crippen MR) is 66.8 cm³/mol. The van der Waals surface area contributed by atoms with Gasteiger partial charge in [-0.1, -0.05) is 0 Å². The highest BCUT2D eigenvalue weighted by molar-refractivity contribution is 5.85. The number of rotatable bonds is 3. The van der Waals surface area contributed by atoms with Gasteiger partial charge in [-0.05, 0) is 46.0 Å². The van der Waals surface area contributed by atoms with Crippen molar-refractivity contribution in [1.82, 2.24) is 5.32 Å². The maximum absolute atomic E-state index is 11.3. The maximum atomic E-state index is 11.3. The van der Waals surface area contributed by atoms with Crippen LogP contribution < -0.4 is 11.1 Å². The van der Waals surface area contributed by atoms with E-state index >= 15 is 0 Å². The number of halogens is 1. The van der Waals surface area contributed by atoms with Crippen molar-refractivity contribution < 1.29 is 9.53 Å². The zero-order chi connectivity index (χ0) is 11.5. The van der Waals surface area contributed by atoms with Crippen LogP contribution in [0.1, 0.15) is 40.0 Å². The molecule has 96 valence electrons. The Bertz CT molecular complexity index is 223. The van der Waals surface area contributed by atoms with Gasteiger partial charge in [-0.25, -0.2) is 4.79 Å². The normalized spacial score (nSPS) is 24.0. The monoisotopic (exact) mass is 250 g/mol. The number of amides is 1. The van der Waals surface area contributed by atoms with E-state index in [9.17, 15) is 4.79 Å². The number of nitrogens with one attached hydrogen (secondary N) is 1. The van der Waals surface area contributed by atoms with Gasteiger partial charge in [0, 0.05) is 12.6 Å². The third-order valence-corrected chi connectivity index (χ3v) is 2.49. The van der Waals surface area contributed by atoms with E-state index in [0.717, 1.165) is 19.3 Å². The summed E-state index contributed by atoms with van der Waals surface area (Å²) in [6.45, 7) is 6.26. The topological polar surface area (TPSA) is 64.3 Å². The molecule has 1 aliphatic carbocycles. The van der Waals surface area contributed by atoms with Crippen LogP contribution in [0, 0.1) is 5.92 Å². The second kappa shape index (κ2) is 6.30. The second-order valence-corrected chi connectivity index (χ2v) is 5.31. The summed E-state index contributed by atoms with van der Waals surface area (Å²) in [6.07, 6.45) is 2.87. The quantitative estimate of drug-likeness (QED) is 0.806. The van der Waals surface area contributed by atoms with E-state index in [-0.39, 0.29) is 18.5 Å². The molecule has 0 aliphatic heterocycles. The zero-order valence-corrected chi connectivity index (χ0v) is 11.1. The highest BCUT2D eigenvalue weighted by Crippen LogP contribution is 2.27. The van der Waals surface area contributed by atoms with Crippen molar-refractivity contribution >= 4 is 18.5 Å². The lowest BCUT2D eigenvalue weighted by Gasteiger charge is -2.32. The number of nitrogens with two attached hydrogens (primary N) is 1. The minimum atomic E-state index is -0.414. The molecule has 0 aromatic rings. The molecular formula is C11H23ClN2O2. The Morgan fingerprint density at radius 3 is 2.44 bits per heavy atom. The fraction of sp³-hybridized carbons (Fsp3) is 0.909. The van der Waals surface area contributed by atoms with Crippen molar-refractivity contribution in [2.45, 2.75) is 51.7 Å². The molecule has 4 nitrogen and oxygen atoms in total. The van der Waals surface area contributed by atoms with Crippen LogP contribution in [-0.4, -0.2) is 24.3 Å². The van der Waals surface area contributed by atoms with E-state index in [0.29, 0.717) is 18.5 Å². The molecule has 1 fully saturated rings. The molecule has 0 saturated heterocycles. The largest absolute Gasteiger partial charge is 0.444 e. The van der Waals surface area contributed by atoms with E-state index in [2.05, 4.69) is 5.32 Å². The molecule has 0 bridgehead atoms. The average molecular weight is 251 g/mol. The van der Waals surface area contributed by atoms with Crippen molar-refractivity contribution in [3.05, 3.63) is 0 Å². The first-order valence-corrected chi connectivity index (χ1v) is 5.59. The van der Waals surface area contributed by atoms with E-state index in [1.165, 1.54) is 0 Å². The van der Waals surface area contributed by atoms with Crippen LogP contribution in [0.4, 0.5) is 4.79 Å². The Balaban J connectivity index is 0.00000225. The highest BCUT2D eigenvalue weighted by Gasteiger charge is 2.25. The minimum Gasteiger partial charge on any atom is -0.444 e. The number of hydrogen-bond donors (Lipinski definition) is 2. The zero-order valence-electron chi connectivity index (χ0n) is 10.3. The molecule has 5 heteroatoms. The van der Waals surface area contributed by atoms with Crippen molar-refractivity contribution in [3.8, 4) is 0 Å². The van der Waals surface area contributed by atoms with Gasteiger partial charge in [0.05, 0.1) is 0 Å². The Morgan fingerprint density at radius 2 is 2.00 bits per heavy atom. The van der Waals surface area contributed by atoms with Crippen LogP contribution >= 0.6 is 12.4 Å². The summed E-state index contributed by atoms with van der Waals surface area (Å²) in [7, 11) is 0. The van der Waals surface area contributed by atoms with Crippen LogP contribution in [0.5, 0.6) is 0 Å². The Morgan fingerprint density at radius 1 is 1.44 bits per heavy atom. The molecule has 0 unspecified atom stereocenters. The van der Waals surface area contributed by atoms with Crippen LogP contribution in [0.3, 0.4) is 0 Å². The maximum Gasteiger partial charge on any atom is 0.407 e. The molecule has 1 amide bonds. The van der Waals surface area contributed by atoms with Gasteiger partial charge >= 0.3 is 6.09 Å². The first-order chi connectivity index (χ1) is 6.87. The lowest BCUT2D eigenvalue weighted by molar-refractivity contribution is 0.0522. The number of ether oxygens (including phenoxy) is 1. The molecule has 0 aromatic heterocycles. The third-order valence-electron chi connectivity index (χ3n) is 2.49. The summed E-state index contributed by atoms with van der Waals surface area (Å²) in [6, 6.07) is 0.386. The molecule has 0 spiro atoms. The number of hydrogen-bond acceptors (Lipinski definition) is 3. The van der Waals surface area contributed by atoms with Gasteiger partial charge in [0.1, 0.15) is 5.60 Å². The van der Waals surface area contributed by atoms with Gasteiger partial charge in [0.25, 0.3) is 0 Å². The molecule has 1 rings (SSSR count). The van der Waals surface area contributed by atoms with E-state index in [4.69, 9.17) is 10.5 Å². The van der Waals surface area contributed by atoms with Crippen molar-refractivity contribution in [1.29, 1.82) is 0 Å². The molecule has 0 radical (unpaired) electrons. The third kappa shape index (κ3) is 6.18. The van der Waals surface area contributed by atoms with Crippen molar-refractivity contribution in [3.63, 3.8) is 0 Å². The fourth-order valence-corrected chi connectivity index (χ4v) is 1.72. The van der Waals surface area contributed by atoms with Gasteiger partial charge in [-0.3, -0.25) is 0 Å². The van der Waals surface area contributed by atoms with Crippen LogP contribution in [0.25, 0.3) is 0 Å². The van der Waals surface area contributed by atoms with Gasteiger partial charge in [-0.15, -0.1) is 12.4 Å². The predicted octanol–water partition coefficient (Wildman–Crippen LogP) is 2.06. The molecule has 0 atom stereocenters. The number of carbonyl (C=O) groups is 1. The van der Waals surface area contributed by atoms with E-state index in [1.807, 2.05) is 20.8 Å². The SMILES string of the molecule is CC(C)(C)OC(=O)NCCC1CC(N)C1.Cl. The van der Waals surface area contributed by atoms with E-state index in [1.54, 1.807) is 0 Å². The smallest absolute Gasteiger partial charge is 0.407 e. The summed E-state index contributed by atoms with van der Waals surface area (Å²) in [5, 5.41) is 2.75. The highest BCUT2D eigenvalue weighted by atomic mass is 35.5. The summed E-state index contributed by atoms with van der Waals surface area (Å²) in [5.41, 5.74) is 5.26. The van der Waals surface area contributed by atoms with Crippen molar-refractivity contribution in [2.24, 2.45) is 11.7 Å². The molecule has 1 aliphatic rings. The first kappa shape index (κ1) is 15.5. The van der Waals surface area contributed by atoms with E-state index < -0.39 is 5.60 Å². The van der Waals surface area contributed by atoms with Crippen molar-refractivity contribution in [2.75, 3.05) is 6.54 Å². The van der Waals surface area contributed by atoms with Gasteiger partial charge < -0.3 is 15.8 Å². The van der Waals surface area contributed by atoms with Gasteiger partial charge in [0.2, 0.25) is 0 Å². The summed E-state index contributed by atoms with van der Waals surface area (Å²) < 4.78 is 5.12. The van der Waals surface area contributed by atoms with Crippen LogP contribution in [0.15, 0.2) is 0 Å². The summed E-state index contributed by atoms with van der Waals surface area (Å²) >= 11 is 0. The average Bonchev–Trinajstić information content (AvgIpc) is 1.97. The molecule has 16 heavy (non-hydrogen) atoms. The minimum absolute atomic E-state index is 0. The van der Waals surface area contributed by atoms with Gasteiger partial charge in [-0.2, -0.15) is 0 Å². The Hall–Kier alpha value is -0.480. The summed E-state index contributed by atoms with van der Waals surface area (Å²) in [5.74, 6) is 0.690. The summed E-state index contributed by atoms with van der Waals surface area (Å²) in [4.78, 5) is 11.3. The lowest BCUT2D eigenvalue weighted by Crippen LogP contribution is -2.39. The standard InChI is InChI=1S/C11H22N2O2.ClH/c1-11(2,3)15-10(14)13-5-4-8-6-9(12)7-8;/h8-9H,4-7,12H2,1-3H3,(H,13,14);1H. The molecule has 0 aromatic carbocycles. The molecule has 1 saturated carbocycles. The molecule has 3 N–H and O–H groups in total. The first-order valence-electron chi connectivity index (χ1n) is 5.59. The molecular weight excluding hydrogens is 228 g/mol. The lowest BCUT2D eigenvalue weighted by atomic mass is 9.79. The number of alkyl carbamates (subject to hydrolysis) is 1.